The Kier molecular flexibility index (Phi) is 10.2. The molecule has 0 atom stereocenters. The fourth-order valence-corrected chi connectivity index (χ4v) is 2.68. The van der Waals surface area contributed by atoms with Crippen LogP contribution in [0.15, 0.2) is 84.9 Å². The standard InChI is InChI=1S/C14H17N2.C13H11O.K/c1-11-5-7-12(8-6-11)16-10-9-13(15-16)14(2,3)4;1-3-7-12(8-4-1)11-14-13-9-5-2-6-10-13;/h5-9H,1-4H3;1,3-10H,11H2;/q2*-1;+1. The van der Waals surface area contributed by atoms with Gasteiger partial charge in [-0.2, -0.15) is 18.2 Å². The summed E-state index contributed by atoms with van der Waals surface area (Å²) in [6.45, 7) is 9.16. The summed E-state index contributed by atoms with van der Waals surface area (Å²) < 4.78 is 7.38. The molecule has 1 aromatic heterocycles. The first-order chi connectivity index (χ1) is 14.4. The maximum absolute atomic E-state index is 5.57. The average Bonchev–Trinajstić information content (AvgIpc) is 3.26. The Bertz CT molecular complexity index is 981. The fraction of sp³-hybridized carbons (Fsp3) is 0.222. The first-order valence-electron chi connectivity index (χ1n) is 10.1. The number of rotatable bonds is 4. The smallest absolute Gasteiger partial charge is 0.514 e. The van der Waals surface area contributed by atoms with E-state index in [1.54, 1.807) is 4.68 Å². The van der Waals surface area contributed by atoms with Crippen LogP contribution in [0.4, 0.5) is 0 Å². The van der Waals surface area contributed by atoms with E-state index in [0.717, 1.165) is 17.1 Å². The van der Waals surface area contributed by atoms with Gasteiger partial charge in [0.2, 0.25) is 0 Å². The van der Waals surface area contributed by atoms with Crippen LogP contribution in [-0.2, 0) is 12.0 Å². The molecule has 0 aliphatic heterocycles. The third-order valence-electron chi connectivity index (χ3n) is 4.51. The minimum Gasteiger partial charge on any atom is -0.514 e. The van der Waals surface area contributed by atoms with Crippen LogP contribution in [0.25, 0.3) is 5.69 Å². The van der Waals surface area contributed by atoms with Gasteiger partial charge in [-0.05, 0) is 29.3 Å². The molecule has 0 saturated carbocycles. The Morgan fingerprint density at radius 1 is 0.903 bits per heavy atom. The zero-order valence-corrected chi connectivity index (χ0v) is 22.2. The van der Waals surface area contributed by atoms with Crippen LogP contribution in [0.5, 0.6) is 5.75 Å². The third-order valence-corrected chi connectivity index (χ3v) is 4.51. The third kappa shape index (κ3) is 8.39. The van der Waals surface area contributed by atoms with E-state index in [2.05, 4.69) is 81.5 Å². The Morgan fingerprint density at radius 2 is 1.55 bits per heavy atom. The monoisotopic (exact) mass is 435 g/mol. The molecule has 154 valence electrons. The molecule has 4 aromatic rings. The van der Waals surface area contributed by atoms with Gasteiger partial charge in [0.1, 0.15) is 6.61 Å². The van der Waals surface area contributed by atoms with Gasteiger partial charge in [0, 0.05) is 5.75 Å². The van der Waals surface area contributed by atoms with Crippen LogP contribution in [0.3, 0.4) is 0 Å². The summed E-state index contributed by atoms with van der Waals surface area (Å²) in [4.78, 5) is 0. The van der Waals surface area contributed by atoms with Crippen LogP contribution in [0.1, 0.15) is 37.6 Å². The van der Waals surface area contributed by atoms with E-state index in [-0.39, 0.29) is 56.8 Å². The molecule has 0 fully saturated rings. The molecule has 31 heavy (non-hydrogen) atoms. The van der Waals surface area contributed by atoms with Crippen LogP contribution < -0.4 is 56.1 Å². The molecule has 0 unspecified atom stereocenters. The van der Waals surface area contributed by atoms with Crippen LogP contribution in [0.2, 0.25) is 0 Å². The van der Waals surface area contributed by atoms with Gasteiger partial charge in [0.15, 0.2) is 0 Å². The Balaban J connectivity index is 0.000000215. The Hall–Kier alpha value is -1.69. The van der Waals surface area contributed by atoms with Crippen molar-refractivity contribution in [3.8, 4) is 11.4 Å². The van der Waals surface area contributed by atoms with E-state index in [0.29, 0.717) is 6.61 Å². The summed E-state index contributed by atoms with van der Waals surface area (Å²) in [5.74, 6) is 0.882. The first kappa shape index (κ1) is 25.6. The molecule has 0 aliphatic rings. The molecular weight excluding hydrogens is 407 g/mol. The average molecular weight is 436 g/mol. The van der Waals surface area contributed by atoms with E-state index >= 15 is 0 Å². The molecule has 0 radical (unpaired) electrons. The Labute approximate surface area is 228 Å². The van der Waals surface area contributed by atoms with Gasteiger partial charge in [0.05, 0.1) is 0 Å². The molecule has 4 heteroatoms. The largest absolute Gasteiger partial charge is 1.00 e. The van der Waals surface area contributed by atoms with Crippen molar-refractivity contribution in [2.45, 2.75) is 39.7 Å². The number of nitrogens with zero attached hydrogens (tertiary/aromatic N) is 2. The van der Waals surface area contributed by atoms with Crippen LogP contribution in [0, 0.1) is 19.2 Å². The van der Waals surface area contributed by atoms with Crippen LogP contribution in [-0.4, -0.2) is 9.78 Å². The summed E-state index contributed by atoms with van der Waals surface area (Å²) in [6.07, 6.45) is 3.15. The molecule has 3 aromatic carbocycles. The van der Waals surface area contributed by atoms with Crippen molar-refractivity contribution in [1.82, 2.24) is 9.78 Å². The van der Waals surface area contributed by atoms with Crippen molar-refractivity contribution in [2.24, 2.45) is 0 Å². The second kappa shape index (κ2) is 12.4. The van der Waals surface area contributed by atoms with Crippen molar-refractivity contribution >= 4 is 0 Å². The summed E-state index contributed by atoms with van der Waals surface area (Å²) >= 11 is 0. The molecular formula is C27H28KN2O-. The number of ether oxygens (including phenoxy) is 1. The second-order valence-corrected chi connectivity index (χ2v) is 8.17. The molecule has 0 N–H and O–H groups in total. The van der Waals surface area contributed by atoms with Gasteiger partial charge in [0.25, 0.3) is 0 Å². The molecule has 0 aliphatic carbocycles. The maximum Gasteiger partial charge on any atom is 1.00 e. The van der Waals surface area contributed by atoms with E-state index in [1.807, 2.05) is 48.5 Å². The van der Waals surface area contributed by atoms with E-state index in [9.17, 15) is 0 Å². The maximum atomic E-state index is 5.57. The number of aromatic nitrogens is 2. The predicted octanol–water partition coefficient (Wildman–Crippen LogP) is 3.35. The van der Waals surface area contributed by atoms with Gasteiger partial charge in [-0.25, -0.2) is 0 Å². The van der Waals surface area contributed by atoms with Gasteiger partial charge >= 0.3 is 51.4 Å². The summed E-state index contributed by atoms with van der Waals surface area (Å²) in [5.41, 5.74) is 4.63. The SMILES string of the molecule is Cc1ccc(-n2[c-]cc(C(C)(C)C)n2)cc1.[K+].[c-]1ccc(OCc2ccccc2)cc1. The molecule has 0 bridgehead atoms. The van der Waals surface area contributed by atoms with Crippen molar-refractivity contribution in [3.05, 3.63) is 114 Å². The van der Waals surface area contributed by atoms with Gasteiger partial charge < -0.3 is 9.42 Å². The minimum atomic E-state index is 0. The fourth-order valence-electron chi connectivity index (χ4n) is 2.68. The molecule has 0 saturated heterocycles. The van der Waals surface area contributed by atoms with Crippen molar-refractivity contribution in [3.63, 3.8) is 0 Å². The molecule has 3 nitrogen and oxygen atoms in total. The molecule has 4 rings (SSSR count). The van der Waals surface area contributed by atoms with Gasteiger partial charge in [-0.3, -0.25) is 5.10 Å². The number of hydrogen-bond acceptors (Lipinski definition) is 2. The summed E-state index contributed by atoms with van der Waals surface area (Å²) in [6, 6.07) is 30.8. The van der Waals surface area contributed by atoms with Crippen LogP contribution >= 0.6 is 0 Å². The van der Waals surface area contributed by atoms with Crippen molar-refractivity contribution in [1.29, 1.82) is 0 Å². The normalized spacial score (nSPS) is 10.5. The molecule has 0 spiro atoms. The predicted molar refractivity (Wildman–Crippen MR) is 122 cm³/mol. The minimum absolute atomic E-state index is 0. The van der Waals surface area contributed by atoms with E-state index < -0.39 is 0 Å². The molecule has 1 heterocycles. The Morgan fingerprint density at radius 3 is 2.13 bits per heavy atom. The number of benzene rings is 3. The van der Waals surface area contributed by atoms with E-state index in [4.69, 9.17) is 4.74 Å². The zero-order chi connectivity index (χ0) is 21.4. The van der Waals surface area contributed by atoms with Crippen molar-refractivity contribution < 1.29 is 56.1 Å². The van der Waals surface area contributed by atoms with Crippen molar-refractivity contribution in [2.75, 3.05) is 0 Å². The number of aryl methyl sites for hydroxylation is 1. The summed E-state index contributed by atoms with van der Waals surface area (Å²) in [7, 11) is 0. The quantitative estimate of drug-likeness (QED) is 0.363. The second-order valence-electron chi connectivity index (χ2n) is 8.17. The topological polar surface area (TPSA) is 27.1 Å². The zero-order valence-electron chi connectivity index (χ0n) is 19.1. The number of hydrogen-bond donors (Lipinski definition) is 0. The summed E-state index contributed by atoms with van der Waals surface area (Å²) in [5, 5.41) is 4.54. The first-order valence-corrected chi connectivity index (χ1v) is 10.1. The van der Waals surface area contributed by atoms with E-state index in [1.165, 1.54) is 11.1 Å². The van der Waals surface area contributed by atoms with Gasteiger partial charge in [-0.15, -0.1) is 18.2 Å². The molecule has 0 amide bonds. The van der Waals surface area contributed by atoms with Gasteiger partial charge in [-0.1, -0.05) is 87.1 Å².